The molecular formula is C10H20S. The third kappa shape index (κ3) is 2.14. The summed E-state index contributed by atoms with van der Waals surface area (Å²) in [6, 6.07) is 0. The zero-order chi connectivity index (χ0) is 8.43. The van der Waals surface area contributed by atoms with Crippen molar-refractivity contribution < 1.29 is 0 Å². The average Bonchev–Trinajstić information content (AvgIpc) is 1.85. The number of hydrogen-bond acceptors (Lipinski definition) is 1. The molecule has 1 aliphatic carbocycles. The summed E-state index contributed by atoms with van der Waals surface area (Å²) in [6.45, 7) is 7.04. The van der Waals surface area contributed by atoms with Gasteiger partial charge in [-0.1, -0.05) is 33.6 Å². The van der Waals surface area contributed by atoms with Gasteiger partial charge in [-0.25, -0.2) is 0 Å². The second-order valence-corrected chi connectivity index (χ2v) is 4.96. The Morgan fingerprint density at radius 2 is 1.91 bits per heavy atom. The van der Waals surface area contributed by atoms with Crippen LogP contribution >= 0.6 is 12.6 Å². The van der Waals surface area contributed by atoms with Crippen LogP contribution in [-0.4, -0.2) is 5.25 Å². The van der Waals surface area contributed by atoms with E-state index in [1.807, 2.05) is 0 Å². The molecule has 1 saturated carbocycles. The van der Waals surface area contributed by atoms with Crippen LogP contribution in [-0.2, 0) is 0 Å². The molecule has 11 heavy (non-hydrogen) atoms. The van der Waals surface area contributed by atoms with Crippen molar-refractivity contribution in [1.82, 2.24) is 0 Å². The van der Waals surface area contributed by atoms with Gasteiger partial charge in [-0.3, -0.25) is 0 Å². The first-order valence-electron chi connectivity index (χ1n) is 4.81. The molecule has 0 aromatic carbocycles. The van der Waals surface area contributed by atoms with Gasteiger partial charge in [0, 0.05) is 5.25 Å². The van der Waals surface area contributed by atoms with E-state index in [4.69, 9.17) is 0 Å². The van der Waals surface area contributed by atoms with Gasteiger partial charge in [0.05, 0.1) is 0 Å². The molecule has 66 valence electrons. The Hall–Kier alpha value is 0.350. The molecule has 0 N–H and O–H groups in total. The first kappa shape index (κ1) is 9.44. The highest BCUT2D eigenvalue weighted by molar-refractivity contribution is 7.81. The van der Waals surface area contributed by atoms with Crippen molar-refractivity contribution in [3.05, 3.63) is 0 Å². The highest BCUT2D eigenvalue weighted by Gasteiger charge is 2.30. The van der Waals surface area contributed by atoms with Crippen LogP contribution in [0, 0.1) is 17.8 Å². The molecule has 1 heteroatoms. The zero-order valence-corrected chi connectivity index (χ0v) is 8.77. The van der Waals surface area contributed by atoms with Crippen LogP contribution in [0.25, 0.3) is 0 Å². The largest absolute Gasteiger partial charge is 0.176 e. The standard InChI is InChI=1S/C10H20S/c1-7(2)10-8(3)5-4-6-9(10)11/h7-11H,4-6H2,1-3H3/t8?,9-,10?/m0/s1. The van der Waals surface area contributed by atoms with E-state index >= 15 is 0 Å². The predicted octanol–water partition coefficient (Wildman–Crippen LogP) is 3.38. The average molecular weight is 172 g/mol. The molecule has 0 heterocycles. The molecule has 0 aliphatic heterocycles. The SMILES string of the molecule is CC(C)C1C(C)CCC[C@@H]1S. The Morgan fingerprint density at radius 3 is 2.27 bits per heavy atom. The van der Waals surface area contributed by atoms with E-state index in [2.05, 4.69) is 33.4 Å². The van der Waals surface area contributed by atoms with Crippen molar-refractivity contribution in [2.75, 3.05) is 0 Å². The molecule has 1 rings (SSSR count). The van der Waals surface area contributed by atoms with Crippen LogP contribution in [0.4, 0.5) is 0 Å². The molecule has 3 atom stereocenters. The topological polar surface area (TPSA) is 0 Å². The van der Waals surface area contributed by atoms with Crippen LogP contribution in [0.5, 0.6) is 0 Å². The highest BCUT2D eigenvalue weighted by atomic mass is 32.1. The summed E-state index contributed by atoms with van der Waals surface area (Å²) < 4.78 is 0. The molecule has 2 unspecified atom stereocenters. The van der Waals surface area contributed by atoms with E-state index in [0.29, 0.717) is 5.25 Å². The van der Waals surface area contributed by atoms with Crippen LogP contribution in [0.1, 0.15) is 40.0 Å². The third-order valence-electron chi connectivity index (χ3n) is 3.03. The molecule has 0 bridgehead atoms. The van der Waals surface area contributed by atoms with Gasteiger partial charge in [0.1, 0.15) is 0 Å². The number of rotatable bonds is 1. The second kappa shape index (κ2) is 3.84. The highest BCUT2D eigenvalue weighted by Crippen LogP contribution is 2.37. The van der Waals surface area contributed by atoms with Gasteiger partial charge in [0.25, 0.3) is 0 Å². The van der Waals surface area contributed by atoms with Crippen molar-refractivity contribution in [2.45, 2.75) is 45.3 Å². The molecule has 0 aromatic rings. The fourth-order valence-electron chi connectivity index (χ4n) is 2.51. The molecule has 0 saturated heterocycles. The van der Waals surface area contributed by atoms with E-state index in [9.17, 15) is 0 Å². The van der Waals surface area contributed by atoms with Crippen molar-refractivity contribution in [3.63, 3.8) is 0 Å². The Bertz CT molecular complexity index is 110. The maximum absolute atomic E-state index is 4.65. The first-order valence-corrected chi connectivity index (χ1v) is 5.32. The van der Waals surface area contributed by atoms with Gasteiger partial charge in [-0.15, -0.1) is 0 Å². The van der Waals surface area contributed by atoms with Crippen LogP contribution in [0.3, 0.4) is 0 Å². The van der Waals surface area contributed by atoms with Gasteiger partial charge < -0.3 is 0 Å². The summed E-state index contributed by atoms with van der Waals surface area (Å²) in [7, 11) is 0. The van der Waals surface area contributed by atoms with E-state index in [1.54, 1.807) is 0 Å². The number of hydrogen-bond donors (Lipinski definition) is 1. The fourth-order valence-corrected chi connectivity index (χ4v) is 3.34. The van der Waals surface area contributed by atoms with Gasteiger partial charge in [0.15, 0.2) is 0 Å². The van der Waals surface area contributed by atoms with Crippen molar-refractivity contribution >= 4 is 12.6 Å². The Morgan fingerprint density at radius 1 is 1.27 bits per heavy atom. The quantitative estimate of drug-likeness (QED) is 0.576. The lowest BCUT2D eigenvalue weighted by molar-refractivity contribution is 0.205. The Labute approximate surface area is 76.2 Å². The molecule has 0 aromatic heterocycles. The summed E-state index contributed by atoms with van der Waals surface area (Å²) in [5.41, 5.74) is 0. The summed E-state index contributed by atoms with van der Waals surface area (Å²) in [5, 5.41) is 0.666. The Balaban J connectivity index is 2.55. The predicted molar refractivity (Wildman–Crippen MR) is 54.1 cm³/mol. The first-order chi connectivity index (χ1) is 5.13. The number of thiol groups is 1. The maximum Gasteiger partial charge on any atom is 0.00500 e. The lowest BCUT2D eigenvalue weighted by Gasteiger charge is -2.36. The van der Waals surface area contributed by atoms with E-state index in [1.165, 1.54) is 19.3 Å². The molecule has 1 aliphatic rings. The lowest BCUT2D eigenvalue weighted by atomic mass is 9.74. The van der Waals surface area contributed by atoms with E-state index in [-0.39, 0.29) is 0 Å². The molecule has 0 radical (unpaired) electrons. The third-order valence-corrected chi connectivity index (χ3v) is 3.63. The van der Waals surface area contributed by atoms with E-state index in [0.717, 1.165) is 17.8 Å². The van der Waals surface area contributed by atoms with Crippen molar-refractivity contribution in [3.8, 4) is 0 Å². The maximum atomic E-state index is 4.65. The van der Waals surface area contributed by atoms with Crippen LogP contribution < -0.4 is 0 Å². The zero-order valence-electron chi connectivity index (χ0n) is 7.88. The van der Waals surface area contributed by atoms with Gasteiger partial charge in [-0.05, 0) is 24.2 Å². The van der Waals surface area contributed by atoms with Crippen molar-refractivity contribution in [1.29, 1.82) is 0 Å². The summed E-state index contributed by atoms with van der Waals surface area (Å²) in [4.78, 5) is 0. The summed E-state index contributed by atoms with van der Waals surface area (Å²) in [6.07, 6.45) is 4.13. The van der Waals surface area contributed by atoms with Crippen LogP contribution in [0.2, 0.25) is 0 Å². The fraction of sp³-hybridized carbons (Fsp3) is 1.00. The van der Waals surface area contributed by atoms with E-state index < -0.39 is 0 Å². The van der Waals surface area contributed by atoms with Gasteiger partial charge >= 0.3 is 0 Å². The Kier molecular flexibility index (Phi) is 3.29. The molecule has 0 nitrogen and oxygen atoms in total. The minimum atomic E-state index is 0.666. The molecular weight excluding hydrogens is 152 g/mol. The van der Waals surface area contributed by atoms with Gasteiger partial charge in [-0.2, -0.15) is 12.6 Å². The second-order valence-electron chi connectivity index (χ2n) is 4.30. The normalized spacial score (nSPS) is 39.5. The smallest absolute Gasteiger partial charge is 0.00500 e. The monoisotopic (exact) mass is 172 g/mol. The minimum absolute atomic E-state index is 0.666. The van der Waals surface area contributed by atoms with Gasteiger partial charge in [0.2, 0.25) is 0 Å². The van der Waals surface area contributed by atoms with Crippen LogP contribution in [0.15, 0.2) is 0 Å². The summed E-state index contributed by atoms with van der Waals surface area (Å²) in [5.74, 6) is 2.56. The lowest BCUT2D eigenvalue weighted by Crippen LogP contribution is -2.31. The molecule has 0 spiro atoms. The minimum Gasteiger partial charge on any atom is -0.176 e. The molecule has 1 fully saturated rings. The summed E-state index contributed by atoms with van der Waals surface area (Å²) >= 11 is 4.65. The molecule has 0 amide bonds. The van der Waals surface area contributed by atoms with Crippen molar-refractivity contribution in [2.24, 2.45) is 17.8 Å².